The molecule has 1 aromatic carbocycles. The zero-order valence-electron chi connectivity index (χ0n) is 13.1. The summed E-state index contributed by atoms with van der Waals surface area (Å²) in [5.74, 6) is 0.828. The van der Waals surface area contributed by atoms with Gasteiger partial charge in [-0.3, -0.25) is 14.3 Å². The lowest BCUT2D eigenvalue weighted by atomic mass is 9.93. The van der Waals surface area contributed by atoms with Gasteiger partial charge in [-0.15, -0.1) is 0 Å². The maximum absolute atomic E-state index is 12.5. The largest absolute Gasteiger partial charge is 0.469 e. The van der Waals surface area contributed by atoms with Crippen molar-refractivity contribution in [2.75, 3.05) is 0 Å². The van der Waals surface area contributed by atoms with E-state index in [1.165, 1.54) is 6.20 Å². The molecular formula is C18H17N3O3. The van der Waals surface area contributed by atoms with E-state index < -0.39 is 0 Å². The van der Waals surface area contributed by atoms with E-state index in [1.54, 1.807) is 29.1 Å². The van der Waals surface area contributed by atoms with Gasteiger partial charge in [-0.25, -0.2) is 0 Å². The lowest BCUT2D eigenvalue weighted by molar-refractivity contribution is -0.122. The van der Waals surface area contributed by atoms with Gasteiger partial charge in [-0.1, -0.05) is 12.1 Å². The van der Waals surface area contributed by atoms with Crippen molar-refractivity contribution in [1.82, 2.24) is 15.1 Å². The number of aryl methyl sites for hydroxylation is 1. The molecule has 2 heterocycles. The molecule has 1 N–H and O–H groups in total. The van der Waals surface area contributed by atoms with E-state index in [1.807, 2.05) is 12.1 Å². The van der Waals surface area contributed by atoms with Gasteiger partial charge in [0.2, 0.25) is 11.3 Å². The molecular weight excluding hydrogens is 306 g/mol. The number of amides is 1. The number of hydrogen-bond acceptors (Lipinski definition) is 4. The standard InChI is InChI=1S/C18H17N3O3/c22-16-10-19-21(15-6-2-1-4-13(15)16)11-18(23)20-14-5-3-7-17-12(14)8-9-24-17/h1-2,4,6,8-10,14H,3,5,7,11H2,(H,20,23). The zero-order chi connectivity index (χ0) is 16.5. The van der Waals surface area contributed by atoms with Gasteiger partial charge in [0.1, 0.15) is 12.3 Å². The van der Waals surface area contributed by atoms with Crippen molar-refractivity contribution >= 4 is 16.8 Å². The molecule has 24 heavy (non-hydrogen) atoms. The van der Waals surface area contributed by atoms with E-state index in [9.17, 15) is 9.59 Å². The number of nitrogens with one attached hydrogen (secondary N) is 1. The fraction of sp³-hybridized carbons (Fsp3) is 0.278. The molecule has 0 bridgehead atoms. The Kier molecular flexibility index (Phi) is 3.65. The molecule has 0 radical (unpaired) electrons. The first-order chi connectivity index (χ1) is 11.7. The number of carbonyl (C=O) groups excluding carboxylic acids is 1. The van der Waals surface area contributed by atoms with Crippen LogP contribution in [0, 0.1) is 0 Å². The summed E-state index contributed by atoms with van der Waals surface area (Å²) < 4.78 is 7.01. The summed E-state index contributed by atoms with van der Waals surface area (Å²) in [6.45, 7) is 0.0739. The first-order valence-corrected chi connectivity index (χ1v) is 8.03. The minimum Gasteiger partial charge on any atom is -0.469 e. The smallest absolute Gasteiger partial charge is 0.242 e. The second-order valence-electron chi connectivity index (χ2n) is 6.00. The normalized spacial score (nSPS) is 16.8. The number of rotatable bonds is 3. The van der Waals surface area contributed by atoms with Crippen molar-refractivity contribution in [2.45, 2.75) is 31.8 Å². The molecule has 1 amide bonds. The van der Waals surface area contributed by atoms with E-state index in [-0.39, 0.29) is 23.9 Å². The van der Waals surface area contributed by atoms with Crippen molar-refractivity contribution in [3.63, 3.8) is 0 Å². The second kappa shape index (κ2) is 5.96. The molecule has 0 aliphatic heterocycles. The van der Waals surface area contributed by atoms with Gasteiger partial charge in [0.25, 0.3) is 0 Å². The number of fused-ring (bicyclic) bond motifs is 2. The molecule has 0 saturated carbocycles. The van der Waals surface area contributed by atoms with Crippen LogP contribution in [0.15, 0.2) is 52.0 Å². The third-order valence-corrected chi connectivity index (χ3v) is 4.44. The van der Waals surface area contributed by atoms with Crippen LogP contribution in [0.5, 0.6) is 0 Å². The highest BCUT2D eigenvalue weighted by Crippen LogP contribution is 2.30. The lowest BCUT2D eigenvalue weighted by Crippen LogP contribution is -2.33. The van der Waals surface area contributed by atoms with Gasteiger partial charge < -0.3 is 9.73 Å². The van der Waals surface area contributed by atoms with E-state index in [4.69, 9.17) is 4.42 Å². The Morgan fingerprint density at radius 1 is 1.33 bits per heavy atom. The molecule has 0 saturated heterocycles. The van der Waals surface area contributed by atoms with Crippen molar-refractivity contribution in [2.24, 2.45) is 0 Å². The average Bonchev–Trinajstić information content (AvgIpc) is 3.07. The number of benzene rings is 1. The van der Waals surface area contributed by atoms with E-state index >= 15 is 0 Å². The third-order valence-electron chi connectivity index (χ3n) is 4.44. The van der Waals surface area contributed by atoms with Crippen molar-refractivity contribution in [1.29, 1.82) is 0 Å². The molecule has 122 valence electrons. The maximum Gasteiger partial charge on any atom is 0.242 e. The Hall–Kier alpha value is -2.89. The topological polar surface area (TPSA) is 77.1 Å². The zero-order valence-corrected chi connectivity index (χ0v) is 13.1. The van der Waals surface area contributed by atoms with Crippen LogP contribution in [0.3, 0.4) is 0 Å². The quantitative estimate of drug-likeness (QED) is 0.801. The second-order valence-corrected chi connectivity index (χ2v) is 6.00. The number of furan rings is 1. The highest BCUT2D eigenvalue weighted by molar-refractivity contribution is 5.81. The van der Waals surface area contributed by atoms with Crippen LogP contribution >= 0.6 is 0 Å². The lowest BCUT2D eigenvalue weighted by Gasteiger charge is -2.23. The molecule has 3 aromatic rings. The van der Waals surface area contributed by atoms with Gasteiger partial charge in [0.15, 0.2) is 0 Å². The fourth-order valence-corrected chi connectivity index (χ4v) is 3.30. The summed E-state index contributed by atoms with van der Waals surface area (Å²) in [5.41, 5.74) is 1.58. The molecule has 4 rings (SSSR count). The monoisotopic (exact) mass is 323 g/mol. The van der Waals surface area contributed by atoms with Crippen LogP contribution in [0.2, 0.25) is 0 Å². The Bertz CT molecular complexity index is 957. The van der Waals surface area contributed by atoms with Crippen LogP contribution in [0.25, 0.3) is 10.9 Å². The maximum atomic E-state index is 12.5. The summed E-state index contributed by atoms with van der Waals surface area (Å²) in [6.07, 6.45) is 5.73. The third kappa shape index (κ3) is 2.60. The first-order valence-electron chi connectivity index (χ1n) is 8.03. The summed E-state index contributed by atoms with van der Waals surface area (Å²) >= 11 is 0. The van der Waals surface area contributed by atoms with E-state index in [0.717, 1.165) is 30.6 Å². The van der Waals surface area contributed by atoms with Gasteiger partial charge in [0, 0.05) is 17.4 Å². The van der Waals surface area contributed by atoms with Crippen LogP contribution in [0.4, 0.5) is 0 Å². The van der Waals surface area contributed by atoms with Gasteiger partial charge >= 0.3 is 0 Å². The fourth-order valence-electron chi connectivity index (χ4n) is 3.30. The minimum atomic E-state index is -0.141. The van der Waals surface area contributed by atoms with Crippen LogP contribution in [-0.4, -0.2) is 15.7 Å². The molecule has 2 aromatic heterocycles. The highest BCUT2D eigenvalue weighted by Gasteiger charge is 2.24. The number of nitrogens with zero attached hydrogens (tertiary/aromatic N) is 2. The van der Waals surface area contributed by atoms with Crippen molar-refractivity contribution < 1.29 is 9.21 Å². The molecule has 1 unspecified atom stereocenters. The van der Waals surface area contributed by atoms with Crippen LogP contribution < -0.4 is 10.7 Å². The number of para-hydroxylation sites is 1. The molecule has 6 nitrogen and oxygen atoms in total. The van der Waals surface area contributed by atoms with Crippen LogP contribution in [-0.2, 0) is 17.8 Å². The van der Waals surface area contributed by atoms with Gasteiger partial charge in [-0.2, -0.15) is 5.10 Å². The van der Waals surface area contributed by atoms with Crippen LogP contribution in [0.1, 0.15) is 30.2 Å². The highest BCUT2D eigenvalue weighted by atomic mass is 16.3. The molecule has 1 atom stereocenters. The Balaban J connectivity index is 1.56. The summed E-state index contributed by atoms with van der Waals surface area (Å²) in [7, 11) is 0. The molecule has 1 aliphatic rings. The predicted octanol–water partition coefficient (Wildman–Crippen LogP) is 2.18. The molecule has 1 aliphatic carbocycles. The minimum absolute atomic E-state index is 0.0226. The predicted molar refractivity (Wildman–Crippen MR) is 88.5 cm³/mol. The summed E-state index contributed by atoms with van der Waals surface area (Å²) in [6, 6.07) is 9.07. The van der Waals surface area contributed by atoms with E-state index in [0.29, 0.717) is 10.9 Å². The van der Waals surface area contributed by atoms with E-state index in [2.05, 4.69) is 10.4 Å². The SMILES string of the molecule is O=C(Cn1ncc(=O)c2ccccc21)NC1CCCc2occc21. The Morgan fingerprint density at radius 2 is 2.21 bits per heavy atom. The van der Waals surface area contributed by atoms with Crippen molar-refractivity contribution in [3.05, 3.63) is 64.3 Å². The number of aromatic nitrogens is 2. The summed E-state index contributed by atoms with van der Waals surface area (Å²) in [4.78, 5) is 24.3. The summed E-state index contributed by atoms with van der Waals surface area (Å²) in [5, 5.41) is 7.71. The van der Waals surface area contributed by atoms with Crippen molar-refractivity contribution in [3.8, 4) is 0 Å². The van der Waals surface area contributed by atoms with Gasteiger partial charge in [-0.05, 0) is 31.0 Å². The average molecular weight is 323 g/mol. The molecule has 0 fully saturated rings. The molecule has 0 spiro atoms. The Morgan fingerprint density at radius 3 is 3.12 bits per heavy atom. The number of carbonyl (C=O) groups is 1. The Labute approximate surface area is 138 Å². The first kappa shape index (κ1) is 14.7. The number of hydrogen-bond donors (Lipinski definition) is 1. The van der Waals surface area contributed by atoms with Gasteiger partial charge in [0.05, 0.1) is 24.0 Å². The molecule has 6 heteroatoms.